The van der Waals surface area contributed by atoms with Crippen molar-refractivity contribution in [1.29, 1.82) is 0 Å². The average Bonchev–Trinajstić information content (AvgIpc) is 3.24. The number of piperidine rings is 1. The van der Waals surface area contributed by atoms with Gasteiger partial charge in [0.2, 0.25) is 0 Å². The molecule has 3 aliphatic heterocycles. The molecule has 192 valence electrons. The second kappa shape index (κ2) is 9.77. The largest absolute Gasteiger partial charge is 0.487 e. The standard InChI is InChI=1S/C29H36N2O5/c1-28(2,3)20-35-27(33)31-12-10-29(11-13-31)19-24-18-23(8-9-25(24)36-29)21-4-6-22(7-5-21)26(32)30-14-16-34-17-15-30/h4-9,18H,10-17,19-20H2,1-3H3. The van der Waals surface area contributed by atoms with Crippen molar-refractivity contribution in [2.75, 3.05) is 46.0 Å². The van der Waals surface area contributed by atoms with E-state index in [1.165, 1.54) is 5.56 Å². The van der Waals surface area contributed by atoms with Crippen LogP contribution in [0.4, 0.5) is 4.79 Å². The molecule has 3 aliphatic rings. The van der Waals surface area contributed by atoms with E-state index >= 15 is 0 Å². The smallest absolute Gasteiger partial charge is 0.409 e. The molecule has 0 aliphatic carbocycles. The third kappa shape index (κ3) is 5.36. The summed E-state index contributed by atoms with van der Waals surface area (Å²) >= 11 is 0. The minimum Gasteiger partial charge on any atom is -0.487 e. The maximum absolute atomic E-state index is 12.7. The highest BCUT2D eigenvalue weighted by atomic mass is 16.6. The van der Waals surface area contributed by atoms with Gasteiger partial charge in [0.15, 0.2) is 0 Å². The summed E-state index contributed by atoms with van der Waals surface area (Å²) in [6, 6.07) is 14.2. The third-order valence-corrected chi connectivity index (χ3v) is 7.22. The Labute approximate surface area is 213 Å². The van der Waals surface area contributed by atoms with Crippen LogP contribution in [0.2, 0.25) is 0 Å². The topological polar surface area (TPSA) is 68.3 Å². The lowest BCUT2D eigenvalue weighted by Crippen LogP contribution is -2.49. The summed E-state index contributed by atoms with van der Waals surface area (Å²) in [6.07, 6.45) is 2.20. The Morgan fingerprint density at radius 2 is 1.58 bits per heavy atom. The zero-order valence-corrected chi connectivity index (χ0v) is 21.5. The quantitative estimate of drug-likeness (QED) is 0.617. The van der Waals surface area contributed by atoms with Gasteiger partial charge in [0.25, 0.3) is 5.91 Å². The Hall–Kier alpha value is -3.06. The first kappa shape index (κ1) is 24.6. The number of likely N-dealkylation sites (tertiary alicyclic amines) is 1. The van der Waals surface area contributed by atoms with E-state index in [1.54, 1.807) is 4.90 Å². The van der Waals surface area contributed by atoms with Gasteiger partial charge in [-0.05, 0) is 46.4 Å². The lowest BCUT2D eigenvalue weighted by Gasteiger charge is -2.38. The van der Waals surface area contributed by atoms with Crippen LogP contribution in [0.3, 0.4) is 0 Å². The summed E-state index contributed by atoms with van der Waals surface area (Å²) in [7, 11) is 0. The van der Waals surface area contributed by atoms with Gasteiger partial charge >= 0.3 is 6.09 Å². The fraction of sp³-hybridized carbons (Fsp3) is 0.517. The van der Waals surface area contributed by atoms with Crippen molar-refractivity contribution in [1.82, 2.24) is 9.80 Å². The summed E-state index contributed by atoms with van der Waals surface area (Å²) in [5.74, 6) is 0.990. The van der Waals surface area contributed by atoms with Crippen LogP contribution in [0.1, 0.15) is 49.5 Å². The van der Waals surface area contributed by atoms with E-state index in [0.29, 0.717) is 51.6 Å². The number of amides is 2. The first-order valence-corrected chi connectivity index (χ1v) is 12.9. The Kier molecular flexibility index (Phi) is 6.68. The maximum atomic E-state index is 12.7. The van der Waals surface area contributed by atoms with Gasteiger partial charge < -0.3 is 24.0 Å². The molecule has 0 radical (unpaired) electrons. The molecule has 2 saturated heterocycles. The maximum Gasteiger partial charge on any atom is 0.409 e. The van der Waals surface area contributed by atoms with E-state index < -0.39 is 0 Å². The number of ether oxygens (including phenoxy) is 3. The molecule has 3 heterocycles. The van der Waals surface area contributed by atoms with Gasteiger partial charge in [-0.1, -0.05) is 39.0 Å². The molecule has 0 bridgehead atoms. The lowest BCUT2D eigenvalue weighted by molar-refractivity contribution is 0.00955. The van der Waals surface area contributed by atoms with E-state index in [2.05, 4.69) is 39.0 Å². The van der Waals surface area contributed by atoms with Crippen LogP contribution in [-0.2, 0) is 15.9 Å². The Morgan fingerprint density at radius 1 is 0.917 bits per heavy atom. The zero-order chi connectivity index (χ0) is 25.3. The number of carbonyl (C=O) groups excluding carboxylic acids is 2. The molecule has 7 heteroatoms. The first-order valence-electron chi connectivity index (χ1n) is 12.9. The molecule has 1 spiro atoms. The number of hydrogen-bond acceptors (Lipinski definition) is 5. The molecule has 2 aromatic carbocycles. The van der Waals surface area contributed by atoms with Crippen molar-refractivity contribution in [3.63, 3.8) is 0 Å². The number of rotatable bonds is 3. The Morgan fingerprint density at radius 3 is 2.25 bits per heavy atom. The fourth-order valence-corrected chi connectivity index (χ4v) is 5.11. The molecule has 7 nitrogen and oxygen atoms in total. The molecule has 5 rings (SSSR count). The fourth-order valence-electron chi connectivity index (χ4n) is 5.11. The molecular formula is C29H36N2O5. The van der Waals surface area contributed by atoms with E-state index in [1.807, 2.05) is 29.2 Å². The van der Waals surface area contributed by atoms with Crippen LogP contribution >= 0.6 is 0 Å². The van der Waals surface area contributed by atoms with Crippen LogP contribution in [0.15, 0.2) is 42.5 Å². The predicted molar refractivity (Wildman–Crippen MR) is 137 cm³/mol. The van der Waals surface area contributed by atoms with Crippen molar-refractivity contribution in [3.05, 3.63) is 53.6 Å². The van der Waals surface area contributed by atoms with Crippen LogP contribution in [0.25, 0.3) is 11.1 Å². The Balaban J connectivity index is 1.20. The molecule has 0 unspecified atom stereocenters. The van der Waals surface area contributed by atoms with Crippen LogP contribution in [-0.4, -0.2) is 73.4 Å². The highest BCUT2D eigenvalue weighted by Crippen LogP contribution is 2.42. The molecule has 0 atom stereocenters. The zero-order valence-electron chi connectivity index (χ0n) is 21.5. The summed E-state index contributed by atoms with van der Waals surface area (Å²) in [6.45, 7) is 10.4. The van der Waals surface area contributed by atoms with E-state index in [-0.39, 0.29) is 23.0 Å². The van der Waals surface area contributed by atoms with Gasteiger partial charge in [-0.2, -0.15) is 0 Å². The van der Waals surface area contributed by atoms with Crippen molar-refractivity contribution in [2.45, 2.75) is 45.6 Å². The van der Waals surface area contributed by atoms with E-state index in [0.717, 1.165) is 36.1 Å². The van der Waals surface area contributed by atoms with Crippen molar-refractivity contribution in [2.24, 2.45) is 5.41 Å². The number of fused-ring (bicyclic) bond motifs is 1. The van der Waals surface area contributed by atoms with E-state index in [9.17, 15) is 9.59 Å². The monoisotopic (exact) mass is 492 g/mol. The summed E-state index contributed by atoms with van der Waals surface area (Å²) < 4.78 is 17.3. The van der Waals surface area contributed by atoms with Gasteiger partial charge in [-0.3, -0.25) is 4.79 Å². The third-order valence-electron chi connectivity index (χ3n) is 7.22. The molecule has 0 aromatic heterocycles. The summed E-state index contributed by atoms with van der Waals surface area (Å²) in [4.78, 5) is 28.8. The lowest BCUT2D eigenvalue weighted by atomic mass is 9.86. The predicted octanol–water partition coefficient (Wildman–Crippen LogP) is 4.78. The van der Waals surface area contributed by atoms with E-state index in [4.69, 9.17) is 14.2 Å². The van der Waals surface area contributed by atoms with Crippen LogP contribution in [0, 0.1) is 5.41 Å². The first-order chi connectivity index (χ1) is 17.2. The van der Waals surface area contributed by atoms with Gasteiger partial charge in [0.05, 0.1) is 19.8 Å². The molecule has 2 aromatic rings. The van der Waals surface area contributed by atoms with Crippen molar-refractivity contribution >= 4 is 12.0 Å². The van der Waals surface area contributed by atoms with Crippen molar-refractivity contribution < 1.29 is 23.8 Å². The summed E-state index contributed by atoms with van der Waals surface area (Å²) in [5.41, 5.74) is 3.80. The molecule has 0 saturated carbocycles. The van der Waals surface area contributed by atoms with Gasteiger partial charge in [0, 0.05) is 51.0 Å². The Bertz CT molecular complexity index is 1110. The van der Waals surface area contributed by atoms with Gasteiger partial charge in [-0.15, -0.1) is 0 Å². The van der Waals surface area contributed by atoms with Gasteiger partial charge in [-0.25, -0.2) is 4.79 Å². The molecule has 2 amide bonds. The average molecular weight is 493 g/mol. The molecule has 2 fully saturated rings. The molecule has 0 N–H and O–H groups in total. The molecular weight excluding hydrogens is 456 g/mol. The minimum absolute atomic E-state index is 0.0425. The number of hydrogen-bond donors (Lipinski definition) is 0. The minimum atomic E-state index is -0.254. The number of benzene rings is 2. The second-order valence-electron chi connectivity index (χ2n) is 11.4. The SMILES string of the molecule is CC(C)(C)COC(=O)N1CCC2(CC1)Cc1cc(-c3ccc(C(=O)N4CCOCC4)cc3)ccc1O2. The van der Waals surface area contributed by atoms with Gasteiger partial charge in [0.1, 0.15) is 11.4 Å². The van der Waals surface area contributed by atoms with Crippen LogP contribution < -0.4 is 4.74 Å². The number of carbonyl (C=O) groups is 2. The highest BCUT2D eigenvalue weighted by molar-refractivity contribution is 5.94. The highest BCUT2D eigenvalue weighted by Gasteiger charge is 2.43. The molecule has 36 heavy (non-hydrogen) atoms. The summed E-state index contributed by atoms with van der Waals surface area (Å²) in [5, 5.41) is 0. The number of nitrogens with zero attached hydrogens (tertiary/aromatic N) is 2. The van der Waals surface area contributed by atoms with Crippen molar-refractivity contribution in [3.8, 4) is 16.9 Å². The normalized spacial score (nSPS) is 19.1. The number of morpholine rings is 1. The second-order valence-corrected chi connectivity index (χ2v) is 11.4. The van der Waals surface area contributed by atoms with Crippen LogP contribution in [0.5, 0.6) is 5.75 Å².